The number of furan rings is 1. The van der Waals surface area contributed by atoms with E-state index in [4.69, 9.17) is 9.52 Å². The van der Waals surface area contributed by atoms with Gasteiger partial charge in [-0.05, 0) is 30.7 Å². The number of nitrogens with zero attached hydrogens (tertiary/aromatic N) is 1. The lowest BCUT2D eigenvalue weighted by Crippen LogP contribution is -2.17. The Balaban J connectivity index is 1.93. The van der Waals surface area contributed by atoms with Crippen molar-refractivity contribution in [1.82, 2.24) is 10.3 Å². The molecule has 0 aliphatic rings. The summed E-state index contributed by atoms with van der Waals surface area (Å²) in [6.45, 7) is 2.49. The molecule has 5 heteroatoms. The fraction of sp³-hybridized carbons (Fsp3) is 0.231. The van der Waals surface area contributed by atoms with E-state index in [1.165, 1.54) is 6.07 Å². The van der Waals surface area contributed by atoms with Crippen LogP contribution >= 0.6 is 0 Å². The molecule has 0 saturated heterocycles. The second kappa shape index (κ2) is 5.46. The lowest BCUT2D eigenvalue weighted by atomic mass is 10.1. The van der Waals surface area contributed by atoms with Gasteiger partial charge in [-0.1, -0.05) is 6.07 Å². The second-order valence-corrected chi connectivity index (χ2v) is 3.96. The molecule has 0 aliphatic heterocycles. The Labute approximate surface area is 104 Å². The SMILES string of the molecule is C[C@@H](NCc1ccc(C(=O)O)o1)c1cccnc1. The van der Waals surface area contributed by atoms with Crippen molar-refractivity contribution < 1.29 is 14.3 Å². The van der Waals surface area contributed by atoms with Gasteiger partial charge in [0.05, 0.1) is 6.54 Å². The number of rotatable bonds is 5. The first kappa shape index (κ1) is 12.3. The summed E-state index contributed by atoms with van der Waals surface area (Å²) >= 11 is 0. The molecule has 0 bridgehead atoms. The van der Waals surface area contributed by atoms with Crippen molar-refractivity contribution in [3.8, 4) is 0 Å². The summed E-state index contributed by atoms with van der Waals surface area (Å²) in [6, 6.07) is 7.09. The summed E-state index contributed by atoms with van der Waals surface area (Å²) in [5.41, 5.74) is 1.07. The number of pyridine rings is 1. The summed E-state index contributed by atoms with van der Waals surface area (Å²) in [5, 5.41) is 12.0. The molecule has 0 radical (unpaired) electrons. The van der Waals surface area contributed by atoms with Crippen LogP contribution in [-0.2, 0) is 6.54 Å². The van der Waals surface area contributed by atoms with E-state index in [2.05, 4.69) is 10.3 Å². The number of carboxylic acids is 1. The van der Waals surface area contributed by atoms with Crippen LogP contribution in [0.15, 0.2) is 41.1 Å². The second-order valence-electron chi connectivity index (χ2n) is 3.96. The first-order valence-electron chi connectivity index (χ1n) is 5.62. The highest BCUT2D eigenvalue weighted by Crippen LogP contribution is 2.12. The Morgan fingerprint density at radius 3 is 2.94 bits per heavy atom. The molecule has 0 aromatic carbocycles. The van der Waals surface area contributed by atoms with Crippen molar-refractivity contribution in [1.29, 1.82) is 0 Å². The van der Waals surface area contributed by atoms with Gasteiger partial charge in [0, 0.05) is 18.4 Å². The minimum Gasteiger partial charge on any atom is -0.475 e. The molecule has 2 rings (SSSR count). The van der Waals surface area contributed by atoms with Gasteiger partial charge in [-0.15, -0.1) is 0 Å². The van der Waals surface area contributed by atoms with Crippen molar-refractivity contribution >= 4 is 5.97 Å². The van der Waals surface area contributed by atoms with E-state index < -0.39 is 5.97 Å². The topological polar surface area (TPSA) is 75.4 Å². The molecule has 2 heterocycles. The average Bonchev–Trinajstić information content (AvgIpc) is 2.86. The molecule has 0 amide bonds. The van der Waals surface area contributed by atoms with Crippen molar-refractivity contribution in [2.75, 3.05) is 0 Å². The Bertz CT molecular complexity index is 522. The van der Waals surface area contributed by atoms with Gasteiger partial charge in [-0.25, -0.2) is 4.79 Å². The molecule has 94 valence electrons. The first-order valence-corrected chi connectivity index (χ1v) is 5.62. The number of aromatic carboxylic acids is 1. The van der Waals surface area contributed by atoms with Crippen LogP contribution in [0.4, 0.5) is 0 Å². The highest BCUT2D eigenvalue weighted by Gasteiger charge is 2.10. The maximum atomic E-state index is 10.7. The lowest BCUT2D eigenvalue weighted by molar-refractivity contribution is 0.0660. The maximum absolute atomic E-state index is 10.7. The zero-order valence-corrected chi connectivity index (χ0v) is 9.96. The summed E-state index contributed by atoms with van der Waals surface area (Å²) in [4.78, 5) is 14.7. The highest BCUT2D eigenvalue weighted by atomic mass is 16.4. The predicted molar refractivity (Wildman–Crippen MR) is 65.2 cm³/mol. The minimum absolute atomic E-state index is 0.0409. The third-order valence-corrected chi connectivity index (χ3v) is 2.64. The molecular weight excluding hydrogens is 232 g/mol. The van der Waals surface area contributed by atoms with Crippen LogP contribution in [-0.4, -0.2) is 16.1 Å². The Morgan fingerprint density at radius 2 is 2.33 bits per heavy atom. The van der Waals surface area contributed by atoms with E-state index in [1.54, 1.807) is 18.5 Å². The average molecular weight is 246 g/mol. The number of carboxylic acid groups (broad SMARTS) is 1. The predicted octanol–water partition coefficient (Wildman–Crippen LogP) is 2.22. The molecule has 5 nitrogen and oxygen atoms in total. The molecule has 18 heavy (non-hydrogen) atoms. The Hall–Kier alpha value is -2.14. The van der Waals surface area contributed by atoms with Crippen molar-refractivity contribution in [3.63, 3.8) is 0 Å². The van der Waals surface area contributed by atoms with Crippen molar-refractivity contribution in [2.45, 2.75) is 19.5 Å². The third kappa shape index (κ3) is 2.95. The van der Waals surface area contributed by atoms with Gasteiger partial charge in [-0.2, -0.15) is 0 Å². The van der Waals surface area contributed by atoms with Crippen molar-refractivity contribution in [3.05, 3.63) is 53.7 Å². The first-order chi connectivity index (χ1) is 8.66. The molecule has 0 fully saturated rings. The standard InChI is InChI=1S/C13H14N2O3/c1-9(10-3-2-6-14-7-10)15-8-11-4-5-12(18-11)13(16)17/h2-7,9,15H,8H2,1H3,(H,16,17)/t9-/m1/s1. The molecule has 0 aliphatic carbocycles. The van der Waals surface area contributed by atoms with Crippen LogP contribution in [0, 0.1) is 0 Å². The highest BCUT2D eigenvalue weighted by molar-refractivity contribution is 5.84. The molecule has 2 aromatic heterocycles. The van der Waals surface area contributed by atoms with Gasteiger partial charge in [-0.3, -0.25) is 4.98 Å². The van der Waals surface area contributed by atoms with Gasteiger partial charge in [0.25, 0.3) is 0 Å². The summed E-state index contributed by atoms with van der Waals surface area (Å²) in [6.07, 6.45) is 3.52. The van der Waals surface area contributed by atoms with Crippen LogP contribution in [0.1, 0.15) is 34.8 Å². The van der Waals surface area contributed by atoms with Crippen molar-refractivity contribution in [2.24, 2.45) is 0 Å². The molecule has 0 spiro atoms. The monoisotopic (exact) mass is 246 g/mol. The van der Waals surface area contributed by atoms with E-state index in [0.29, 0.717) is 12.3 Å². The van der Waals surface area contributed by atoms with Gasteiger partial charge < -0.3 is 14.8 Å². The third-order valence-electron chi connectivity index (χ3n) is 2.64. The number of carbonyl (C=O) groups is 1. The normalized spacial score (nSPS) is 12.3. The Morgan fingerprint density at radius 1 is 1.50 bits per heavy atom. The van der Waals surface area contributed by atoms with Gasteiger partial charge in [0.15, 0.2) is 0 Å². The number of aromatic nitrogens is 1. The van der Waals surface area contributed by atoms with E-state index >= 15 is 0 Å². The fourth-order valence-corrected chi connectivity index (χ4v) is 1.59. The van der Waals surface area contributed by atoms with Crippen LogP contribution in [0.5, 0.6) is 0 Å². The van der Waals surface area contributed by atoms with Gasteiger partial charge in [0.2, 0.25) is 5.76 Å². The van der Waals surface area contributed by atoms with E-state index in [-0.39, 0.29) is 11.8 Å². The van der Waals surface area contributed by atoms with Gasteiger partial charge in [0.1, 0.15) is 5.76 Å². The molecule has 2 aromatic rings. The zero-order chi connectivity index (χ0) is 13.0. The number of hydrogen-bond donors (Lipinski definition) is 2. The molecule has 0 unspecified atom stereocenters. The molecule has 0 saturated carbocycles. The summed E-state index contributed by atoms with van der Waals surface area (Å²) < 4.78 is 5.15. The maximum Gasteiger partial charge on any atom is 0.371 e. The molecule has 2 N–H and O–H groups in total. The van der Waals surface area contributed by atoms with E-state index in [0.717, 1.165) is 5.56 Å². The largest absolute Gasteiger partial charge is 0.475 e. The fourth-order valence-electron chi connectivity index (χ4n) is 1.59. The van der Waals surface area contributed by atoms with Gasteiger partial charge >= 0.3 is 5.97 Å². The Kier molecular flexibility index (Phi) is 3.74. The quantitative estimate of drug-likeness (QED) is 0.846. The zero-order valence-electron chi connectivity index (χ0n) is 9.96. The van der Waals surface area contributed by atoms with Crippen LogP contribution in [0.3, 0.4) is 0 Å². The minimum atomic E-state index is -1.05. The summed E-state index contributed by atoms with van der Waals surface area (Å²) in [7, 11) is 0. The molecular formula is C13H14N2O3. The van der Waals surface area contributed by atoms with Crippen LogP contribution in [0.2, 0.25) is 0 Å². The molecule has 1 atom stereocenters. The van der Waals surface area contributed by atoms with E-state index in [9.17, 15) is 4.79 Å². The number of nitrogens with one attached hydrogen (secondary N) is 1. The summed E-state index contributed by atoms with van der Waals surface area (Å²) in [5.74, 6) is -0.495. The van der Waals surface area contributed by atoms with E-state index in [1.807, 2.05) is 19.1 Å². The lowest BCUT2D eigenvalue weighted by Gasteiger charge is -2.12. The van der Waals surface area contributed by atoms with Crippen LogP contribution in [0.25, 0.3) is 0 Å². The van der Waals surface area contributed by atoms with Crippen LogP contribution < -0.4 is 5.32 Å². The smallest absolute Gasteiger partial charge is 0.371 e. The number of hydrogen-bond acceptors (Lipinski definition) is 4.